The third-order valence-electron chi connectivity index (χ3n) is 33.2. The predicted octanol–water partition coefficient (Wildman–Crippen LogP) is -8.71. The van der Waals surface area contributed by atoms with Crippen LogP contribution in [-0.4, -0.2) is 474 Å². The lowest BCUT2D eigenvalue weighted by atomic mass is 9.33. The summed E-state index contributed by atoms with van der Waals surface area (Å²) in [6.45, 7) is 13.5. The lowest BCUT2D eigenvalue weighted by molar-refractivity contribution is -0.392. The molecule has 4 saturated carbocycles. The maximum absolute atomic E-state index is 16.6. The van der Waals surface area contributed by atoms with Gasteiger partial charge in [0, 0.05) is 49.6 Å². The minimum Gasteiger partial charge on any atom is -0.479 e. The van der Waals surface area contributed by atoms with Crippen LogP contribution in [0.25, 0.3) is 0 Å². The first-order chi connectivity index (χ1) is 67.8. The first-order valence-corrected chi connectivity index (χ1v) is 49.3. The number of hydrogen-bond acceptors (Lipinski definition) is 48. The predicted molar refractivity (Wildman–Crippen MR) is 470 cm³/mol. The average Bonchev–Trinajstić information content (AvgIpc) is 0.705. The molecule has 10 heterocycles. The Bertz CT molecular complexity index is 4510. The van der Waals surface area contributed by atoms with Gasteiger partial charge in [0.2, 0.25) is 12.2 Å². The maximum Gasteiger partial charge on any atom is 0.340 e. The lowest BCUT2D eigenvalue weighted by Gasteiger charge is -2.71. The van der Waals surface area contributed by atoms with Crippen molar-refractivity contribution >= 4 is 41.8 Å². The molecule has 0 aromatic rings. The zero-order chi connectivity index (χ0) is 105. The quantitative estimate of drug-likeness (QED) is 0.00604. The molecule has 3 amide bonds. The van der Waals surface area contributed by atoms with Crippen molar-refractivity contribution in [3.63, 3.8) is 0 Å². The Morgan fingerprint density at radius 2 is 0.958 bits per heavy atom. The Labute approximate surface area is 826 Å². The number of aliphatic hydroxyl groups excluding tert-OH is 21. The molecule has 46 unspecified atom stereocenters. The van der Waals surface area contributed by atoms with Gasteiger partial charge in [-0.2, -0.15) is 5.10 Å². The van der Waals surface area contributed by atoms with E-state index in [4.69, 9.17) is 90.0 Å². The molecule has 15 aliphatic rings. The number of imide groups is 1. The highest BCUT2D eigenvalue weighted by molar-refractivity contribution is 6.12. The van der Waals surface area contributed by atoms with E-state index in [1.165, 1.54) is 27.0 Å². The number of esters is 2. The molecule has 9 saturated heterocycles. The van der Waals surface area contributed by atoms with E-state index in [1.807, 2.05) is 6.92 Å². The Morgan fingerprint density at radius 3 is 1.53 bits per heavy atom. The molecule has 10 aliphatic heterocycles. The van der Waals surface area contributed by atoms with Gasteiger partial charge in [-0.3, -0.25) is 24.1 Å². The number of carboxylic acid groups (broad SMARTS) is 1. The van der Waals surface area contributed by atoms with Crippen LogP contribution < -0.4 is 5.43 Å². The number of allylic oxidation sites excluding steroid dienone is 2. The number of ether oxygens (including phenoxy) is 19. The number of nitrogens with zero attached hydrogens (tertiary/aromatic N) is 2. The van der Waals surface area contributed by atoms with Gasteiger partial charge in [-0.15, -0.1) is 0 Å². The molecule has 13 fully saturated rings. The fourth-order valence-corrected chi connectivity index (χ4v) is 25.0. The van der Waals surface area contributed by atoms with E-state index in [1.54, 1.807) is 6.92 Å². The largest absolute Gasteiger partial charge is 0.479 e. The van der Waals surface area contributed by atoms with E-state index < -0.39 is 389 Å². The van der Waals surface area contributed by atoms with Crippen molar-refractivity contribution in [1.82, 2.24) is 10.3 Å². The summed E-state index contributed by atoms with van der Waals surface area (Å²) in [6, 6.07) is 0. The molecule has 24 N–H and O–H groups in total. The number of hydrogen-bond donors (Lipinski definition) is 24. The summed E-state index contributed by atoms with van der Waals surface area (Å²) in [7, 11) is 0. The van der Waals surface area contributed by atoms with E-state index >= 15 is 4.79 Å². The van der Waals surface area contributed by atoms with Gasteiger partial charge in [-0.25, -0.2) is 15.0 Å². The van der Waals surface area contributed by atoms with Gasteiger partial charge in [0.05, 0.1) is 57.5 Å². The highest BCUT2D eigenvalue weighted by atomic mass is 16.8. The minimum atomic E-state index is -2.52. The number of carbonyl (C=O) groups excluding carboxylic acids is 5. The number of aliphatic hydroxyl groups is 22. The van der Waals surface area contributed by atoms with Gasteiger partial charge in [-0.05, 0) is 131 Å². The van der Waals surface area contributed by atoms with Crippen molar-refractivity contribution in [3.8, 4) is 0 Å². The van der Waals surface area contributed by atoms with Gasteiger partial charge in [-0.1, -0.05) is 59.6 Å². The topological polar surface area (TPSA) is 771 Å². The summed E-state index contributed by atoms with van der Waals surface area (Å²) in [4.78, 5) is 82.5. The summed E-state index contributed by atoms with van der Waals surface area (Å²) < 4.78 is 116. The smallest absolute Gasteiger partial charge is 0.340 e. The molecule has 144 heavy (non-hydrogen) atoms. The van der Waals surface area contributed by atoms with Crippen LogP contribution in [0.4, 0.5) is 0 Å². The van der Waals surface area contributed by atoms with Gasteiger partial charge < -0.3 is 207 Å². The molecule has 0 bridgehead atoms. The van der Waals surface area contributed by atoms with Crippen LogP contribution in [0, 0.1) is 50.7 Å². The molecule has 0 spiro atoms. The van der Waals surface area contributed by atoms with Gasteiger partial charge in [0.15, 0.2) is 74.2 Å². The molecule has 0 radical (unpaired) electrons. The minimum absolute atomic E-state index is 0.0159. The standard InChI is InChI=1S/C93H143N3O48/c1-34-68(136-80-66(120)71(43(102)31-128-80)138-82-61(115)56(110)54(108)44(27-97)133-82)58(112)63(117)81(129-34)142-75-64(118)69(137-84-67(121)73(70(36(3)130-84)132-37(4)99)140-79-60(114)53(107)42(101)30-127-79)35(2)131-85(75)144-87(124)93(125)32-92(10)39(38-26-88(5,6)22-19-40(38)93)15-16-47-89(7)23-21-48(90(8,46(89)20-24-91(47,92)9)33-94-95-49(103)14-12-11-13-25-96-50(104)17-18-51(96)105)135-86-76(143-83-62(116)57(111)55(109)45(28-98)134-83)72(65(119)74(141-86)77(122)123)139-78-59(113)52(106)41(100)29-126-78/h15,17-18,33-36,38,40-48,52-76,78-86,97-98,100-102,106-121,125H,11-14,16,19-32H2,1-10H3,(H,95,103)(H,122,123)/b94-33+/t34?,35?,36?,38?,40?,41?,42?,43?,44?,45?,46?,47?,48-,52?,53?,54?,55?,56?,57?,58?,59?,60?,61?,62?,63?,64?,65?,66?,67?,68?,69?,70?,71?,72?,73?,74?,75?,76?,78?,79?,80?,81?,82?,83?,84?,85?,86?,89-,90-,91+,92+,93+/m0/s1. The molecular formula is C93H143N3O48. The molecule has 0 aromatic carbocycles. The van der Waals surface area contributed by atoms with Crippen LogP contribution in [0.3, 0.4) is 0 Å². The Morgan fingerprint density at radius 1 is 0.472 bits per heavy atom. The number of amides is 3. The number of hydrazone groups is 1. The SMILES string of the molecule is CC(=O)OC1C(C)OC(OC2C(C)OC(OC(=O)[C@@]3(O)C[C@]4(C)C(=CCC5[C@@]6(C)CC[C@H](OC7OC(C(=O)O)C(O)C(OC8OCC(O)C(O)C8O)C7OC7OC(CO)C(O)C(O)C7O)[C@@](C)(/C=N/NC(=O)CCCCCN7C(=O)C=CC7=O)C6CC[C@]54C)C4CC(C)(C)CCC43)C(OC3OC(C)C(OC4OCC(O)C(OC5OC(CO)C(O)C(O)C5O)C4O)C(O)C3O)C2O)C(O)C1OC1OCC(O)C(O)C1O. The number of unbranched alkanes of at least 4 members (excludes halogenated alkanes) is 2. The van der Waals surface area contributed by atoms with Crippen LogP contribution in [0.5, 0.6) is 0 Å². The highest BCUT2D eigenvalue weighted by Gasteiger charge is 2.74. The Kier molecular flexibility index (Phi) is 35.0. The van der Waals surface area contributed by atoms with E-state index in [0.29, 0.717) is 32.1 Å². The maximum atomic E-state index is 16.6. The fraction of sp³-hybridized carbons (Fsp3) is 0.882. The zero-order valence-corrected chi connectivity index (χ0v) is 81.3. The number of carbonyl (C=O) groups is 6. The molecule has 51 heteroatoms. The highest BCUT2D eigenvalue weighted by Crippen LogP contribution is 2.76. The molecule has 5 aliphatic carbocycles. The first-order valence-electron chi connectivity index (χ1n) is 49.3. The third-order valence-corrected chi connectivity index (χ3v) is 33.2. The molecule has 15 rings (SSSR count). The van der Waals surface area contributed by atoms with Crippen molar-refractivity contribution in [2.45, 2.75) is 422 Å². The van der Waals surface area contributed by atoms with Crippen molar-refractivity contribution in [2.24, 2.45) is 55.8 Å². The van der Waals surface area contributed by atoms with Crippen LogP contribution in [-0.2, 0) is 119 Å². The zero-order valence-electron chi connectivity index (χ0n) is 81.3. The van der Waals surface area contributed by atoms with Crippen molar-refractivity contribution in [3.05, 3.63) is 23.8 Å². The Balaban J connectivity index is 0.740. The normalized spacial score (nSPS) is 50.3. The van der Waals surface area contributed by atoms with Crippen LogP contribution in [0.1, 0.15) is 153 Å². The Hall–Kier alpha value is -5.39. The third kappa shape index (κ3) is 21.7. The lowest BCUT2D eigenvalue weighted by Crippen LogP contribution is -2.70. The summed E-state index contributed by atoms with van der Waals surface area (Å²) in [5.74, 6) is -8.09. The van der Waals surface area contributed by atoms with Gasteiger partial charge in [0.25, 0.3) is 11.8 Å². The number of fused-ring (bicyclic) bond motifs is 7. The van der Waals surface area contributed by atoms with E-state index in [9.17, 15) is 141 Å². The van der Waals surface area contributed by atoms with Gasteiger partial charge >= 0.3 is 17.9 Å². The summed E-state index contributed by atoms with van der Waals surface area (Å²) in [5.41, 5.74) is -3.95. The second-order valence-corrected chi connectivity index (χ2v) is 43.0. The molecule has 0 aromatic heterocycles. The molecule has 52 atom stereocenters. The van der Waals surface area contributed by atoms with Crippen LogP contribution in [0.15, 0.2) is 28.9 Å². The van der Waals surface area contributed by atoms with E-state index in [-0.39, 0.29) is 57.9 Å². The summed E-state index contributed by atoms with van der Waals surface area (Å²) >= 11 is 0. The van der Waals surface area contributed by atoms with Crippen molar-refractivity contribution in [1.29, 1.82) is 0 Å². The van der Waals surface area contributed by atoms with Crippen molar-refractivity contribution < 1.29 is 236 Å². The summed E-state index contributed by atoms with van der Waals surface area (Å²) in [6.07, 6.45) is -73.1. The second kappa shape index (κ2) is 44.7. The fourth-order valence-electron chi connectivity index (χ4n) is 25.0. The second-order valence-electron chi connectivity index (χ2n) is 43.0. The van der Waals surface area contributed by atoms with Crippen LogP contribution in [0.2, 0.25) is 0 Å². The van der Waals surface area contributed by atoms with Gasteiger partial charge in [0.1, 0.15) is 165 Å². The molecule has 51 nitrogen and oxygen atoms in total. The van der Waals surface area contributed by atoms with Crippen molar-refractivity contribution in [2.75, 3.05) is 39.6 Å². The molecular weight excluding hydrogens is 1930 g/mol. The number of carboxylic acids is 1. The number of nitrogens with one attached hydrogen (secondary N) is 1. The van der Waals surface area contributed by atoms with E-state index in [0.717, 1.165) is 29.5 Å². The van der Waals surface area contributed by atoms with Crippen LogP contribution >= 0.6 is 0 Å². The first kappa shape index (κ1) is 113. The summed E-state index contributed by atoms with van der Waals surface area (Å²) in [5, 5.41) is 265. The van der Waals surface area contributed by atoms with E-state index in [2.05, 4.69) is 44.3 Å². The monoisotopic (exact) mass is 2070 g/mol. The average molecular weight is 2070 g/mol. The number of rotatable bonds is 30. The molecule has 818 valence electrons. The number of aliphatic carboxylic acids is 1.